The minimum atomic E-state index is -4.31. The summed E-state index contributed by atoms with van der Waals surface area (Å²) in [5.74, 6) is 7.88. The van der Waals surface area contributed by atoms with E-state index in [9.17, 15) is 13.2 Å². The van der Waals surface area contributed by atoms with E-state index in [2.05, 4.69) is 5.43 Å². The number of nitrogens with one attached hydrogen (secondary N) is 1. The van der Waals surface area contributed by atoms with Gasteiger partial charge in [0.25, 0.3) is 0 Å². The zero-order valence-electron chi connectivity index (χ0n) is 10.4. The summed E-state index contributed by atoms with van der Waals surface area (Å²) in [6.45, 7) is 0. The monoisotopic (exact) mass is 290 g/mol. The van der Waals surface area contributed by atoms with Gasteiger partial charge in [0.05, 0.1) is 5.56 Å². The van der Waals surface area contributed by atoms with Crippen molar-refractivity contribution in [3.8, 4) is 0 Å². The molecular weight excluding hydrogens is 273 g/mol. The summed E-state index contributed by atoms with van der Waals surface area (Å²) in [5.41, 5.74) is 2.45. The van der Waals surface area contributed by atoms with Gasteiger partial charge in [-0.1, -0.05) is 18.2 Å². The Bertz CT molecular complexity index is 417. The number of halogens is 3. The zero-order chi connectivity index (χ0) is 13.9. The molecule has 2 atom stereocenters. The van der Waals surface area contributed by atoms with Gasteiger partial charge in [0.15, 0.2) is 0 Å². The maximum atomic E-state index is 12.9. The van der Waals surface area contributed by atoms with Crippen LogP contribution in [0.15, 0.2) is 24.3 Å². The second-order valence-corrected chi connectivity index (χ2v) is 5.91. The lowest BCUT2D eigenvalue weighted by atomic mass is 9.91. The Balaban J connectivity index is 2.17. The number of thioether (sulfide) groups is 1. The van der Waals surface area contributed by atoms with E-state index in [0.29, 0.717) is 17.9 Å². The van der Waals surface area contributed by atoms with Crippen LogP contribution in [-0.4, -0.2) is 17.5 Å². The van der Waals surface area contributed by atoms with Crippen molar-refractivity contribution in [3.63, 3.8) is 0 Å². The van der Waals surface area contributed by atoms with Gasteiger partial charge in [-0.25, -0.2) is 0 Å². The number of hydrogen-bond acceptors (Lipinski definition) is 3. The van der Waals surface area contributed by atoms with Gasteiger partial charge in [-0.15, -0.1) is 0 Å². The molecule has 2 rings (SSSR count). The SMILES string of the molecule is NNC(Cc1ccccc1C(F)(F)F)C1CCSC1. The summed E-state index contributed by atoms with van der Waals surface area (Å²) >= 11 is 1.83. The molecule has 0 aliphatic carbocycles. The summed E-state index contributed by atoms with van der Waals surface area (Å²) in [5, 5.41) is 0. The molecule has 0 bridgehead atoms. The molecule has 1 aromatic rings. The Morgan fingerprint density at radius 2 is 2.11 bits per heavy atom. The Morgan fingerprint density at radius 3 is 2.68 bits per heavy atom. The van der Waals surface area contributed by atoms with Gasteiger partial charge in [0.1, 0.15) is 0 Å². The van der Waals surface area contributed by atoms with Gasteiger partial charge >= 0.3 is 6.18 Å². The minimum absolute atomic E-state index is 0.0986. The quantitative estimate of drug-likeness (QED) is 0.661. The van der Waals surface area contributed by atoms with E-state index >= 15 is 0 Å². The molecule has 2 unspecified atom stereocenters. The number of hydrogen-bond donors (Lipinski definition) is 2. The molecule has 1 aliphatic heterocycles. The maximum absolute atomic E-state index is 12.9. The van der Waals surface area contributed by atoms with Crippen LogP contribution in [0.4, 0.5) is 13.2 Å². The number of rotatable bonds is 4. The number of benzene rings is 1. The molecule has 1 saturated heterocycles. The van der Waals surface area contributed by atoms with E-state index in [-0.39, 0.29) is 6.04 Å². The van der Waals surface area contributed by atoms with Gasteiger partial charge in [0.2, 0.25) is 0 Å². The van der Waals surface area contributed by atoms with Crippen molar-refractivity contribution in [2.75, 3.05) is 11.5 Å². The van der Waals surface area contributed by atoms with E-state index in [0.717, 1.165) is 24.0 Å². The third kappa shape index (κ3) is 3.64. The highest BCUT2D eigenvalue weighted by Gasteiger charge is 2.34. The van der Waals surface area contributed by atoms with Crippen molar-refractivity contribution in [2.24, 2.45) is 11.8 Å². The molecule has 19 heavy (non-hydrogen) atoms. The van der Waals surface area contributed by atoms with Crippen molar-refractivity contribution in [2.45, 2.75) is 25.1 Å². The Hall–Kier alpha value is -0.720. The van der Waals surface area contributed by atoms with Gasteiger partial charge in [-0.2, -0.15) is 24.9 Å². The Labute approximate surface area is 114 Å². The average molecular weight is 290 g/mol. The summed E-state index contributed by atoms with van der Waals surface area (Å²) in [7, 11) is 0. The molecule has 0 spiro atoms. The van der Waals surface area contributed by atoms with Gasteiger partial charge in [0, 0.05) is 6.04 Å². The largest absolute Gasteiger partial charge is 0.416 e. The second-order valence-electron chi connectivity index (χ2n) is 4.76. The molecule has 106 valence electrons. The highest BCUT2D eigenvalue weighted by atomic mass is 32.2. The lowest BCUT2D eigenvalue weighted by Gasteiger charge is -2.23. The van der Waals surface area contributed by atoms with Crippen LogP contribution in [0.3, 0.4) is 0 Å². The zero-order valence-corrected chi connectivity index (χ0v) is 11.2. The fraction of sp³-hybridized carbons (Fsp3) is 0.538. The van der Waals surface area contributed by atoms with Gasteiger partial charge in [-0.3, -0.25) is 11.3 Å². The molecule has 2 nitrogen and oxygen atoms in total. The first-order chi connectivity index (χ1) is 9.02. The Morgan fingerprint density at radius 1 is 1.37 bits per heavy atom. The number of alkyl halides is 3. The van der Waals surface area contributed by atoms with Gasteiger partial charge in [-0.05, 0) is 41.9 Å². The normalized spacial score (nSPS) is 21.6. The maximum Gasteiger partial charge on any atom is 0.416 e. The lowest BCUT2D eigenvalue weighted by Crippen LogP contribution is -2.42. The molecular formula is C13H17F3N2S. The van der Waals surface area contributed by atoms with Crippen LogP contribution in [0.5, 0.6) is 0 Å². The Kier molecular flexibility index (Phi) is 4.76. The molecule has 1 aliphatic rings. The molecule has 0 saturated carbocycles. The van der Waals surface area contributed by atoms with Crippen molar-refractivity contribution in [1.29, 1.82) is 0 Å². The number of nitrogens with two attached hydrogens (primary N) is 1. The van der Waals surface area contributed by atoms with Gasteiger partial charge < -0.3 is 0 Å². The van der Waals surface area contributed by atoms with Crippen LogP contribution >= 0.6 is 11.8 Å². The van der Waals surface area contributed by atoms with Crippen molar-refractivity contribution in [1.82, 2.24) is 5.43 Å². The van der Waals surface area contributed by atoms with Crippen LogP contribution in [-0.2, 0) is 12.6 Å². The van der Waals surface area contributed by atoms with Crippen LogP contribution in [0, 0.1) is 5.92 Å². The van der Waals surface area contributed by atoms with Crippen LogP contribution in [0.2, 0.25) is 0 Å². The van der Waals surface area contributed by atoms with Crippen molar-refractivity contribution < 1.29 is 13.2 Å². The summed E-state index contributed by atoms with van der Waals surface area (Å²) in [6, 6.07) is 5.63. The summed E-state index contributed by atoms with van der Waals surface area (Å²) in [6.07, 6.45) is -2.98. The molecule has 6 heteroatoms. The van der Waals surface area contributed by atoms with E-state index < -0.39 is 11.7 Å². The van der Waals surface area contributed by atoms with Crippen LogP contribution in [0.1, 0.15) is 17.5 Å². The third-order valence-electron chi connectivity index (χ3n) is 3.51. The standard InChI is InChI=1S/C13H17F3N2S/c14-13(15,16)11-4-2-1-3-9(11)7-12(18-17)10-5-6-19-8-10/h1-4,10,12,18H,5-8,17H2. The first-order valence-corrected chi connectivity index (χ1v) is 7.37. The highest BCUT2D eigenvalue weighted by Crippen LogP contribution is 2.34. The average Bonchev–Trinajstić information content (AvgIpc) is 2.89. The lowest BCUT2D eigenvalue weighted by molar-refractivity contribution is -0.138. The number of hydrazine groups is 1. The fourth-order valence-corrected chi connectivity index (χ4v) is 3.78. The molecule has 1 aromatic carbocycles. The predicted octanol–water partition coefficient (Wildman–Crippen LogP) is 2.83. The summed E-state index contributed by atoms with van der Waals surface area (Å²) < 4.78 is 38.8. The van der Waals surface area contributed by atoms with Crippen molar-refractivity contribution >= 4 is 11.8 Å². The van der Waals surface area contributed by atoms with Crippen LogP contribution in [0.25, 0.3) is 0 Å². The first-order valence-electron chi connectivity index (χ1n) is 6.21. The molecule has 0 aromatic heterocycles. The molecule has 0 amide bonds. The molecule has 3 N–H and O–H groups in total. The van der Waals surface area contributed by atoms with Crippen molar-refractivity contribution in [3.05, 3.63) is 35.4 Å². The summed E-state index contributed by atoms with van der Waals surface area (Å²) in [4.78, 5) is 0. The molecule has 1 fully saturated rings. The van der Waals surface area contributed by atoms with E-state index in [4.69, 9.17) is 5.84 Å². The first kappa shape index (κ1) is 14.7. The molecule has 0 radical (unpaired) electrons. The smallest absolute Gasteiger partial charge is 0.271 e. The fourth-order valence-electron chi connectivity index (χ4n) is 2.44. The highest BCUT2D eigenvalue weighted by molar-refractivity contribution is 7.99. The van der Waals surface area contributed by atoms with E-state index in [1.807, 2.05) is 11.8 Å². The second kappa shape index (κ2) is 6.15. The van der Waals surface area contributed by atoms with E-state index in [1.54, 1.807) is 6.07 Å². The van der Waals surface area contributed by atoms with E-state index in [1.165, 1.54) is 12.1 Å². The van der Waals surface area contributed by atoms with Crippen LogP contribution < -0.4 is 11.3 Å². The minimum Gasteiger partial charge on any atom is -0.271 e. The third-order valence-corrected chi connectivity index (χ3v) is 4.70. The molecule has 1 heterocycles. The topological polar surface area (TPSA) is 38.0 Å². The predicted molar refractivity (Wildman–Crippen MR) is 71.7 cm³/mol.